The lowest BCUT2D eigenvalue weighted by Crippen LogP contribution is -2.39. The highest BCUT2D eigenvalue weighted by Gasteiger charge is 2.28. The quantitative estimate of drug-likeness (QED) is 0.350. The molecule has 34 heavy (non-hydrogen) atoms. The number of ether oxygens (including phenoxy) is 2. The van der Waals surface area contributed by atoms with E-state index in [1.165, 1.54) is 11.3 Å². The smallest absolute Gasteiger partial charge is 0.266 e. The number of nitrogens with zero attached hydrogens (tertiary/aromatic N) is 3. The van der Waals surface area contributed by atoms with Crippen LogP contribution in [0.4, 0.5) is 0 Å². The van der Waals surface area contributed by atoms with E-state index >= 15 is 0 Å². The van der Waals surface area contributed by atoms with Gasteiger partial charge in [0.05, 0.1) is 40.7 Å². The Morgan fingerprint density at radius 1 is 1.12 bits per heavy atom. The van der Waals surface area contributed by atoms with Gasteiger partial charge in [0, 0.05) is 13.7 Å². The van der Waals surface area contributed by atoms with E-state index in [0.717, 1.165) is 0 Å². The monoisotopic (exact) mass is 477 g/mol. The Balaban J connectivity index is 1.94. The molecule has 2 heterocycles. The molecule has 176 valence electrons. The minimum absolute atomic E-state index is 0.133. The number of thiophene rings is 1. The van der Waals surface area contributed by atoms with Gasteiger partial charge in [0.2, 0.25) is 0 Å². The van der Waals surface area contributed by atoms with Crippen molar-refractivity contribution >= 4 is 28.1 Å². The molecule has 0 N–H and O–H groups in total. The summed E-state index contributed by atoms with van der Waals surface area (Å²) in [4.78, 5) is 34.4. The van der Waals surface area contributed by atoms with Crippen molar-refractivity contribution in [3.8, 4) is 11.4 Å². The molecule has 0 bridgehead atoms. The van der Waals surface area contributed by atoms with Crippen LogP contribution in [0.5, 0.6) is 5.75 Å². The van der Waals surface area contributed by atoms with Crippen molar-refractivity contribution in [2.45, 2.75) is 19.9 Å². The number of rotatable bonds is 9. The third kappa shape index (κ3) is 4.60. The van der Waals surface area contributed by atoms with Gasteiger partial charge in [0.25, 0.3) is 11.5 Å². The summed E-state index contributed by atoms with van der Waals surface area (Å²) in [5, 5.41) is 2.37. The summed E-state index contributed by atoms with van der Waals surface area (Å²) in [5.41, 5.74) is 0.953. The second-order valence-corrected chi connectivity index (χ2v) is 8.62. The summed E-state index contributed by atoms with van der Waals surface area (Å²) in [5.74, 6) is 0.897. The van der Waals surface area contributed by atoms with Crippen molar-refractivity contribution in [1.29, 1.82) is 0 Å². The number of amides is 1. The summed E-state index contributed by atoms with van der Waals surface area (Å²) in [7, 11) is 1.60. The van der Waals surface area contributed by atoms with Crippen LogP contribution < -0.4 is 10.3 Å². The van der Waals surface area contributed by atoms with E-state index in [1.54, 1.807) is 28.7 Å². The van der Waals surface area contributed by atoms with Crippen molar-refractivity contribution in [3.63, 3.8) is 0 Å². The van der Waals surface area contributed by atoms with Gasteiger partial charge in [-0.3, -0.25) is 14.2 Å². The first-order valence-electron chi connectivity index (χ1n) is 11.1. The molecule has 1 amide bonds. The van der Waals surface area contributed by atoms with Gasteiger partial charge in [0.15, 0.2) is 0 Å². The first kappa shape index (κ1) is 23.7. The lowest BCUT2D eigenvalue weighted by molar-refractivity contribution is 0.0610. The molecule has 1 atom stereocenters. The molecule has 2 aromatic heterocycles. The number of carbonyl (C=O) groups is 1. The molecule has 8 heteroatoms. The number of methoxy groups -OCH3 is 1. The lowest BCUT2D eigenvalue weighted by atomic mass is 10.1. The van der Waals surface area contributed by atoms with Crippen molar-refractivity contribution in [3.05, 3.63) is 87.1 Å². The summed E-state index contributed by atoms with van der Waals surface area (Å²) in [6.45, 7) is 4.94. The Bertz CT molecular complexity index is 1330. The summed E-state index contributed by atoms with van der Waals surface area (Å²) in [6.07, 6.45) is 0. The van der Waals surface area contributed by atoms with Gasteiger partial charge < -0.3 is 14.4 Å². The molecule has 0 spiro atoms. The normalized spacial score (nSPS) is 12.0. The first-order valence-corrected chi connectivity index (χ1v) is 12.0. The highest BCUT2D eigenvalue weighted by molar-refractivity contribution is 7.12. The topological polar surface area (TPSA) is 73.7 Å². The SMILES string of the molecule is CCOc1ccccc1-n1c(C(C)N(CCOC)C(=O)c2cccs2)nc2ccccc2c1=O. The maximum Gasteiger partial charge on any atom is 0.266 e. The predicted molar refractivity (Wildman–Crippen MR) is 134 cm³/mol. The number of hydrogen-bond acceptors (Lipinski definition) is 6. The number of aromatic nitrogens is 2. The third-order valence-electron chi connectivity index (χ3n) is 5.58. The fourth-order valence-electron chi connectivity index (χ4n) is 3.92. The molecule has 2 aromatic carbocycles. The molecule has 0 fully saturated rings. The molecule has 4 aromatic rings. The fraction of sp³-hybridized carbons (Fsp3) is 0.269. The van der Waals surface area contributed by atoms with Crippen LogP contribution in [0.15, 0.2) is 70.8 Å². The molecule has 0 aliphatic rings. The van der Waals surface area contributed by atoms with Gasteiger partial charge in [-0.15, -0.1) is 11.3 Å². The molecule has 1 unspecified atom stereocenters. The summed E-state index contributed by atoms with van der Waals surface area (Å²) >= 11 is 1.38. The first-order chi connectivity index (χ1) is 16.6. The summed E-state index contributed by atoms with van der Waals surface area (Å²) < 4.78 is 12.7. The highest BCUT2D eigenvalue weighted by Crippen LogP contribution is 2.29. The van der Waals surface area contributed by atoms with Gasteiger partial charge in [-0.25, -0.2) is 4.98 Å². The maximum atomic E-state index is 13.8. The Morgan fingerprint density at radius 2 is 1.88 bits per heavy atom. The van der Waals surface area contributed by atoms with Gasteiger partial charge >= 0.3 is 0 Å². The molecule has 0 saturated carbocycles. The van der Waals surface area contributed by atoms with Crippen molar-refractivity contribution < 1.29 is 14.3 Å². The van der Waals surface area contributed by atoms with Crippen LogP contribution in [-0.2, 0) is 4.74 Å². The zero-order valence-electron chi connectivity index (χ0n) is 19.4. The molecule has 0 aliphatic heterocycles. The average molecular weight is 478 g/mol. The second-order valence-electron chi connectivity index (χ2n) is 7.67. The molecule has 0 aliphatic carbocycles. The minimum Gasteiger partial charge on any atom is -0.492 e. The van der Waals surface area contributed by atoms with E-state index in [4.69, 9.17) is 14.5 Å². The zero-order chi connectivity index (χ0) is 24.1. The average Bonchev–Trinajstić information content (AvgIpc) is 3.40. The highest BCUT2D eigenvalue weighted by atomic mass is 32.1. The summed E-state index contributed by atoms with van der Waals surface area (Å²) in [6, 6.07) is 17.7. The molecule has 7 nitrogen and oxygen atoms in total. The van der Waals surface area contributed by atoms with Gasteiger partial charge in [-0.05, 0) is 49.6 Å². The van der Waals surface area contributed by atoms with E-state index < -0.39 is 6.04 Å². The Kier molecular flexibility index (Phi) is 7.40. The van der Waals surface area contributed by atoms with E-state index in [-0.39, 0.29) is 11.5 Å². The van der Waals surface area contributed by atoms with Gasteiger partial charge in [-0.2, -0.15) is 0 Å². The Hall–Kier alpha value is -3.49. The van der Waals surface area contributed by atoms with Crippen molar-refractivity contribution in [1.82, 2.24) is 14.5 Å². The van der Waals surface area contributed by atoms with Crippen LogP contribution in [0.25, 0.3) is 16.6 Å². The number of para-hydroxylation sites is 3. The van der Waals surface area contributed by atoms with Crippen LogP contribution in [-0.4, -0.2) is 47.2 Å². The van der Waals surface area contributed by atoms with Gasteiger partial charge in [0.1, 0.15) is 11.6 Å². The number of carbonyl (C=O) groups excluding carboxylic acids is 1. The standard InChI is InChI=1S/C26H27N3O4S/c1-4-33-22-13-8-7-12-21(22)29-24(27-20-11-6-5-10-19(20)25(29)30)18(2)28(15-16-32-3)26(31)23-14-9-17-34-23/h5-14,17-18H,4,15-16H2,1-3H3. The van der Waals surface area contributed by atoms with E-state index in [0.29, 0.717) is 52.8 Å². The van der Waals surface area contributed by atoms with Crippen molar-refractivity contribution in [2.75, 3.05) is 26.9 Å². The molecule has 4 rings (SSSR count). The predicted octanol–water partition coefficient (Wildman–Crippen LogP) is 4.70. The zero-order valence-corrected chi connectivity index (χ0v) is 20.2. The van der Waals surface area contributed by atoms with E-state index in [1.807, 2.05) is 67.8 Å². The third-order valence-corrected chi connectivity index (χ3v) is 6.44. The molecular weight excluding hydrogens is 450 g/mol. The number of benzene rings is 2. The number of fused-ring (bicyclic) bond motifs is 1. The molecular formula is C26H27N3O4S. The molecule has 0 saturated heterocycles. The van der Waals surface area contributed by atoms with Crippen LogP contribution in [0.2, 0.25) is 0 Å². The van der Waals surface area contributed by atoms with Crippen LogP contribution in [0, 0.1) is 0 Å². The number of hydrogen-bond donors (Lipinski definition) is 0. The second kappa shape index (κ2) is 10.6. The fourth-order valence-corrected chi connectivity index (χ4v) is 4.60. The van der Waals surface area contributed by atoms with Crippen molar-refractivity contribution in [2.24, 2.45) is 0 Å². The van der Waals surface area contributed by atoms with Crippen LogP contribution in [0.1, 0.15) is 35.4 Å². The largest absolute Gasteiger partial charge is 0.492 e. The minimum atomic E-state index is -0.517. The Morgan fingerprint density at radius 3 is 2.62 bits per heavy atom. The van der Waals surface area contributed by atoms with E-state index in [2.05, 4.69) is 0 Å². The Labute approximate surface area is 202 Å². The lowest BCUT2D eigenvalue weighted by Gasteiger charge is -2.30. The van der Waals surface area contributed by atoms with Crippen LogP contribution in [0.3, 0.4) is 0 Å². The van der Waals surface area contributed by atoms with Crippen LogP contribution >= 0.6 is 11.3 Å². The molecule has 0 radical (unpaired) electrons. The van der Waals surface area contributed by atoms with Gasteiger partial charge in [-0.1, -0.05) is 30.3 Å². The maximum absolute atomic E-state index is 13.8. The van der Waals surface area contributed by atoms with E-state index in [9.17, 15) is 9.59 Å².